The van der Waals surface area contributed by atoms with Crippen LogP contribution in [0.25, 0.3) is 0 Å². The minimum atomic E-state index is 0.300. The lowest BCUT2D eigenvalue weighted by atomic mass is 10.2. The van der Waals surface area contributed by atoms with Crippen LogP contribution in [0.1, 0.15) is 27.2 Å². The smallest absolute Gasteiger partial charge is 0.140 e. The Bertz CT molecular complexity index is 143. The van der Waals surface area contributed by atoms with Crippen LogP contribution >= 0.6 is 0 Å². The zero-order chi connectivity index (χ0) is 9.56. The first kappa shape index (κ1) is 11.2. The van der Waals surface area contributed by atoms with Crippen LogP contribution in [0.4, 0.5) is 0 Å². The van der Waals surface area contributed by atoms with Crippen molar-refractivity contribution < 1.29 is 5.21 Å². The molecule has 0 heterocycles. The fourth-order valence-corrected chi connectivity index (χ4v) is 1.32. The minimum absolute atomic E-state index is 0.300. The van der Waals surface area contributed by atoms with E-state index in [9.17, 15) is 0 Å². The summed E-state index contributed by atoms with van der Waals surface area (Å²) in [6.45, 7) is 8.27. The maximum absolute atomic E-state index is 8.36. The van der Waals surface area contributed by atoms with E-state index >= 15 is 0 Å². The van der Waals surface area contributed by atoms with E-state index in [1.165, 1.54) is 0 Å². The SMILES string of the molecule is CCN(CC)C(C)C/C(N)=N\O. The summed E-state index contributed by atoms with van der Waals surface area (Å²) in [5, 5.41) is 11.3. The first-order chi connectivity index (χ1) is 5.65. The van der Waals surface area contributed by atoms with Crippen LogP contribution in [0.15, 0.2) is 5.16 Å². The molecule has 0 aliphatic heterocycles. The van der Waals surface area contributed by atoms with E-state index in [-0.39, 0.29) is 0 Å². The van der Waals surface area contributed by atoms with E-state index in [1.807, 2.05) is 0 Å². The lowest BCUT2D eigenvalue weighted by Crippen LogP contribution is -2.35. The molecule has 4 heteroatoms. The van der Waals surface area contributed by atoms with E-state index < -0.39 is 0 Å². The Labute approximate surface area is 74.0 Å². The van der Waals surface area contributed by atoms with Crippen LogP contribution in [0.5, 0.6) is 0 Å². The summed E-state index contributed by atoms with van der Waals surface area (Å²) in [5.74, 6) is 0.300. The number of oxime groups is 1. The Morgan fingerprint density at radius 3 is 2.33 bits per heavy atom. The molecule has 0 saturated carbocycles. The summed E-state index contributed by atoms with van der Waals surface area (Å²) in [4.78, 5) is 2.26. The number of hydrogen-bond acceptors (Lipinski definition) is 3. The Hall–Kier alpha value is -0.770. The van der Waals surface area contributed by atoms with E-state index in [0.717, 1.165) is 13.1 Å². The Kier molecular flexibility index (Phi) is 5.45. The van der Waals surface area contributed by atoms with Crippen LogP contribution < -0.4 is 5.73 Å². The van der Waals surface area contributed by atoms with Crippen LogP contribution in [0, 0.1) is 0 Å². The van der Waals surface area contributed by atoms with Crippen molar-refractivity contribution in [1.82, 2.24) is 4.90 Å². The van der Waals surface area contributed by atoms with Gasteiger partial charge in [0.25, 0.3) is 0 Å². The van der Waals surface area contributed by atoms with Gasteiger partial charge in [0.15, 0.2) is 0 Å². The van der Waals surface area contributed by atoms with Crippen molar-refractivity contribution in [3.05, 3.63) is 0 Å². The van der Waals surface area contributed by atoms with Crippen LogP contribution in [0.2, 0.25) is 0 Å². The number of hydrogen-bond donors (Lipinski definition) is 2. The zero-order valence-corrected chi connectivity index (χ0v) is 8.12. The average molecular weight is 173 g/mol. The fourth-order valence-electron chi connectivity index (χ4n) is 1.32. The predicted molar refractivity (Wildman–Crippen MR) is 50.4 cm³/mol. The summed E-state index contributed by atoms with van der Waals surface area (Å²) in [6.07, 6.45) is 0.623. The third kappa shape index (κ3) is 3.57. The largest absolute Gasteiger partial charge is 0.409 e. The van der Waals surface area contributed by atoms with Crippen molar-refractivity contribution in [3.63, 3.8) is 0 Å². The van der Waals surface area contributed by atoms with Crippen molar-refractivity contribution in [3.8, 4) is 0 Å². The van der Waals surface area contributed by atoms with Gasteiger partial charge in [-0.15, -0.1) is 0 Å². The standard InChI is InChI=1S/C8H19N3O/c1-4-11(5-2)7(3)6-8(9)10-12/h7,12H,4-6H2,1-3H3,(H2,9,10). The zero-order valence-electron chi connectivity index (χ0n) is 8.12. The maximum atomic E-state index is 8.36. The second kappa shape index (κ2) is 5.83. The van der Waals surface area contributed by atoms with Gasteiger partial charge in [-0.3, -0.25) is 0 Å². The van der Waals surface area contributed by atoms with Crippen LogP contribution in [0.3, 0.4) is 0 Å². The maximum Gasteiger partial charge on any atom is 0.140 e. The van der Waals surface area contributed by atoms with Crippen molar-refractivity contribution in [1.29, 1.82) is 0 Å². The lowest BCUT2D eigenvalue weighted by molar-refractivity contribution is 0.233. The summed E-state index contributed by atoms with van der Waals surface area (Å²) >= 11 is 0. The molecule has 0 aliphatic rings. The normalized spacial score (nSPS) is 15.2. The van der Waals surface area contributed by atoms with Crippen molar-refractivity contribution >= 4 is 5.84 Å². The van der Waals surface area contributed by atoms with Gasteiger partial charge in [0, 0.05) is 12.5 Å². The highest BCUT2D eigenvalue weighted by atomic mass is 16.4. The second-order valence-corrected chi connectivity index (χ2v) is 2.87. The second-order valence-electron chi connectivity index (χ2n) is 2.87. The minimum Gasteiger partial charge on any atom is -0.409 e. The van der Waals surface area contributed by atoms with Gasteiger partial charge in [-0.1, -0.05) is 19.0 Å². The molecule has 4 nitrogen and oxygen atoms in total. The number of nitrogens with zero attached hydrogens (tertiary/aromatic N) is 2. The molecule has 0 aromatic carbocycles. The van der Waals surface area contributed by atoms with Crippen molar-refractivity contribution in [2.45, 2.75) is 33.2 Å². The first-order valence-corrected chi connectivity index (χ1v) is 4.36. The summed E-state index contributed by atoms with van der Waals surface area (Å²) < 4.78 is 0. The quantitative estimate of drug-likeness (QED) is 0.280. The van der Waals surface area contributed by atoms with E-state index in [1.54, 1.807) is 0 Å². The van der Waals surface area contributed by atoms with E-state index in [2.05, 4.69) is 30.8 Å². The molecular formula is C8H19N3O. The molecule has 0 radical (unpaired) electrons. The molecule has 1 atom stereocenters. The van der Waals surface area contributed by atoms with E-state index in [4.69, 9.17) is 10.9 Å². The van der Waals surface area contributed by atoms with Crippen LogP contribution in [-0.4, -0.2) is 35.1 Å². The first-order valence-electron chi connectivity index (χ1n) is 4.36. The van der Waals surface area contributed by atoms with Gasteiger partial charge in [0.05, 0.1) is 0 Å². The highest BCUT2D eigenvalue weighted by molar-refractivity contribution is 5.80. The highest BCUT2D eigenvalue weighted by Crippen LogP contribution is 2.02. The molecule has 72 valence electrons. The van der Waals surface area contributed by atoms with Gasteiger partial charge in [-0.25, -0.2) is 0 Å². The molecule has 3 N–H and O–H groups in total. The molecule has 0 rings (SSSR count). The Morgan fingerprint density at radius 1 is 1.50 bits per heavy atom. The summed E-state index contributed by atoms with van der Waals surface area (Å²) in [6, 6.07) is 0.343. The Morgan fingerprint density at radius 2 is 2.00 bits per heavy atom. The number of amidine groups is 1. The third-order valence-corrected chi connectivity index (χ3v) is 2.07. The molecule has 0 aromatic rings. The molecule has 0 saturated heterocycles. The average Bonchev–Trinajstić information content (AvgIpc) is 2.06. The predicted octanol–water partition coefficient (Wildman–Crippen LogP) is 0.853. The molecular weight excluding hydrogens is 154 g/mol. The molecule has 0 spiro atoms. The number of rotatable bonds is 5. The van der Waals surface area contributed by atoms with Crippen molar-refractivity contribution in [2.24, 2.45) is 10.9 Å². The molecule has 0 amide bonds. The van der Waals surface area contributed by atoms with Gasteiger partial charge in [-0.2, -0.15) is 0 Å². The van der Waals surface area contributed by atoms with Gasteiger partial charge in [0.2, 0.25) is 0 Å². The van der Waals surface area contributed by atoms with Gasteiger partial charge in [0.1, 0.15) is 5.84 Å². The lowest BCUT2D eigenvalue weighted by Gasteiger charge is -2.25. The Balaban J connectivity index is 3.91. The van der Waals surface area contributed by atoms with Crippen molar-refractivity contribution in [2.75, 3.05) is 13.1 Å². The van der Waals surface area contributed by atoms with Crippen LogP contribution in [-0.2, 0) is 0 Å². The third-order valence-electron chi connectivity index (χ3n) is 2.07. The monoisotopic (exact) mass is 173 g/mol. The van der Waals surface area contributed by atoms with E-state index in [0.29, 0.717) is 18.3 Å². The molecule has 0 bridgehead atoms. The topological polar surface area (TPSA) is 61.8 Å². The number of nitrogens with two attached hydrogens (primary N) is 1. The molecule has 1 unspecified atom stereocenters. The summed E-state index contributed by atoms with van der Waals surface area (Å²) in [7, 11) is 0. The van der Waals surface area contributed by atoms with Gasteiger partial charge in [-0.05, 0) is 20.0 Å². The molecule has 12 heavy (non-hydrogen) atoms. The summed E-state index contributed by atoms with van der Waals surface area (Å²) in [5.41, 5.74) is 5.39. The molecule has 0 fully saturated rings. The van der Waals surface area contributed by atoms with Gasteiger partial charge >= 0.3 is 0 Å². The van der Waals surface area contributed by atoms with Gasteiger partial charge < -0.3 is 15.8 Å². The highest BCUT2D eigenvalue weighted by Gasteiger charge is 2.11. The fraction of sp³-hybridized carbons (Fsp3) is 0.875. The molecule has 0 aliphatic carbocycles. The molecule has 0 aromatic heterocycles.